The van der Waals surface area contributed by atoms with E-state index in [0.717, 1.165) is 12.1 Å². The summed E-state index contributed by atoms with van der Waals surface area (Å²) in [4.78, 5) is 21.5. The van der Waals surface area contributed by atoms with E-state index in [9.17, 15) is 18.0 Å². The monoisotopic (exact) mass is 333 g/mol. The lowest BCUT2D eigenvalue weighted by Crippen LogP contribution is -2.42. The topological polar surface area (TPSA) is 54.8 Å². The van der Waals surface area contributed by atoms with E-state index in [1.54, 1.807) is 6.26 Å². The number of anilines is 1. The first-order valence-corrected chi connectivity index (χ1v) is 7.51. The lowest BCUT2D eigenvalue weighted by atomic mass is 10.2. The van der Waals surface area contributed by atoms with Crippen molar-refractivity contribution in [3.63, 3.8) is 0 Å². The number of carbonyl (C=O) groups excluding carboxylic acids is 1. The molecule has 120 valence electrons. The third-order valence-corrected chi connectivity index (χ3v) is 3.78. The number of aromatic nitrogens is 1. The second-order valence-corrected chi connectivity index (χ2v) is 5.36. The summed E-state index contributed by atoms with van der Waals surface area (Å²) in [6, 6.07) is 1.07. The highest BCUT2D eigenvalue weighted by molar-refractivity contribution is 8.13. The Morgan fingerprint density at radius 2 is 2.14 bits per heavy atom. The molecular formula is C13H14F3N3O2S. The molecule has 0 saturated heterocycles. The van der Waals surface area contributed by atoms with Crippen molar-refractivity contribution in [3.8, 4) is 0 Å². The van der Waals surface area contributed by atoms with Crippen LogP contribution in [0.15, 0.2) is 17.1 Å². The zero-order chi connectivity index (χ0) is 16.5. The average molecular weight is 333 g/mol. The fourth-order valence-corrected chi connectivity index (χ4v) is 2.75. The standard InChI is InChI=1S/C13H14F3N3O2S/c1-7-4-8(13(14,15)16)5-10(18-7)19-9(11(20)21-2)6-17-12(19)22-3/h4-5,9H,6H2,1-3H3. The zero-order valence-corrected chi connectivity index (χ0v) is 13.0. The number of thioether (sulfide) groups is 1. The number of nitrogens with zero attached hydrogens (tertiary/aromatic N) is 3. The molecule has 0 N–H and O–H groups in total. The number of aryl methyl sites for hydroxylation is 1. The number of amidine groups is 1. The first-order chi connectivity index (χ1) is 10.3. The van der Waals surface area contributed by atoms with E-state index in [1.165, 1.54) is 30.7 Å². The Balaban J connectivity index is 2.49. The van der Waals surface area contributed by atoms with Crippen molar-refractivity contribution in [2.45, 2.75) is 19.1 Å². The van der Waals surface area contributed by atoms with Crippen molar-refractivity contribution in [1.82, 2.24) is 4.98 Å². The molecule has 0 aromatic carbocycles. The summed E-state index contributed by atoms with van der Waals surface area (Å²) in [5.74, 6) is -0.530. The van der Waals surface area contributed by atoms with E-state index in [2.05, 4.69) is 9.98 Å². The van der Waals surface area contributed by atoms with E-state index in [1.807, 2.05) is 0 Å². The highest BCUT2D eigenvalue weighted by atomic mass is 32.2. The molecule has 0 radical (unpaired) electrons. The summed E-state index contributed by atoms with van der Waals surface area (Å²) in [5.41, 5.74) is -0.605. The van der Waals surface area contributed by atoms with Crippen molar-refractivity contribution in [2.75, 3.05) is 24.8 Å². The van der Waals surface area contributed by atoms with Crippen molar-refractivity contribution in [1.29, 1.82) is 0 Å². The molecule has 1 atom stereocenters. The van der Waals surface area contributed by atoms with Gasteiger partial charge in [-0.25, -0.2) is 9.78 Å². The third-order valence-electron chi connectivity index (χ3n) is 3.09. The van der Waals surface area contributed by atoms with Gasteiger partial charge in [-0.15, -0.1) is 0 Å². The van der Waals surface area contributed by atoms with Gasteiger partial charge in [0.1, 0.15) is 5.82 Å². The minimum absolute atomic E-state index is 0.0355. The van der Waals surface area contributed by atoms with Crippen molar-refractivity contribution in [2.24, 2.45) is 4.99 Å². The maximum absolute atomic E-state index is 13.0. The van der Waals surface area contributed by atoms with Crippen LogP contribution in [-0.4, -0.2) is 42.1 Å². The average Bonchev–Trinajstić information content (AvgIpc) is 2.88. The Hall–Kier alpha value is -1.77. The number of hydrogen-bond donors (Lipinski definition) is 0. The van der Waals surface area contributed by atoms with Gasteiger partial charge in [0.25, 0.3) is 0 Å². The summed E-state index contributed by atoms with van der Waals surface area (Å²) in [6.45, 7) is 1.59. The molecule has 2 rings (SSSR count). The summed E-state index contributed by atoms with van der Waals surface area (Å²) in [6.07, 6.45) is -2.76. The summed E-state index contributed by atoms with van der Waals surface area (Å²) in [7, 11) is 1.22. The molecule has 0 amide bonds. The van der Waals surface area contributed by atoms with Gasteiger partial charge in [0.05, 0.1) is 19.2 Å². The van der Waals surface area contributed by atoms with Crippen LogP contribution in [0.1, 0.15) is 11.3 Å². The van der Waals surface area contributed by atoms with Crippen LogP contribution in [0.4, 0.5) is 19.0 Å². The minimum Gasteiger partial charge on any atom is -0.467 e. The lowest BCUT2D eigenvalue weighted by Gasteiger charge is -2.25. The lowest BCUT2D eigenvalue weighted by molar-refractivity contribution is -0.141. The van der Waals surface area contributed by atoms with Gasteiger partial charge in [-0.1, -0.05) is 11.8 Å². The second-order valence-electron chi connectivity index (χ2n) is 4.59. The molecule has 5 nitrogen and oxygen atoms in total. The normalized spacial score (nSPS) is 18.4. The molecule has 0 fully saturated rings. The summed E-state index contributed by atoms with van der Waals surface area (Å²) >= 11 is 1.23. The van der Waals surface area contributed by atoms with Gasteiger partial charge in [-0.2, -0.15) is 13.2 Å². The van der Waals surface area contributed by atoms with Crippen LogP contribution in [0, 0.1) is 6.92 Å². The molecule has 22 heavy (non-hydrogen) atoms. The van der Waals surface area contributed by atoms with E-state index in [-0.39, 0.29) is 18.1 Å². The number of alkyl halides is 3. The van der Waals surface area contributed by atoms with Crippen molar-refractivity contribution < 1.29 is 22.7 Å². The smallest absolute Gasteiger partial charge is 0.416 e. The molecule has 1 aliphatic heterocycles. The van der Waals surface area contributed by atoms with E-state index >= 15 is 0 Å². The van der Waals surface area contributed by atoms with Gasteiger partial charge >= 0.3 is 12.1 Å². The van der Waals surface area contributed by atoms with E-state index < -0.39 is 23.8 Å². The van der Waals surface area contributed by atoms with Gasteiger partial charge in [0.2, 0.25) is 0 Å². The van der Waals surface area contributed by atoms with Crippen LogP contribution in [-0.2, 0) is 15.7 Å². The third kappa shape index (κ3) is 3.18. The van der Waals surface area contributed by atoms with Gasteiger partial charge in [0.15, 0.2) is 11.2 Å². The van der Waals surface area contributed by atoms with Crippen LogP contribution in [0.25, 0.3) is 0 Å². The molecule has 0 saturated carbocycles. The van der Waals surface area contributed by atoms with Gasteiger partial charge in [0, 0.05) is 5.69 Å². The minimum atomic E-state index is -4.49. The summed E-state index contributed by atoms with van der Waals surface area (Å²) < 4.78 is 43.6. The summed E-state index contributed by atoms with van der Waals surface area (Å²) in [5, 5.41) is 0.432. The fraction of sp³-hybridized carbons (Fsp3) is 0.462. The second kappa shape index (κ2) is 6.15. The van der Waals surface area contributed by atoms with Crippen LogP contribution in [0.3, 0.4) is 0 Å². The van der Waals surface area contributed by atoms with Crippen LogP contribution in [0.5, 0.6) is 0 Å². The quantitative estimate of drug-likeness (QED) is 0.779. The number of carbonyl (C=O) groups is 1. The van der Waals surface area contributed by atoms with Gasteiger partial charge in [-0.3, -0.25) is 9.89 Å². The number of halogens is 3. The van der Waals surface area contributed by atoms with E-state index in [4.69, 9.17) is 4.74 Å². The number of methoxy groups -OCH3 is 1. The maximum atomic E-state index is 13.0. The predicted octanol–water partition coefficient (Wildman–Crippen LogP) is 2.49. The molecule has 9 heteroatoms. The SMILES string of the molecule is COC(=O)C1CN=C(SC)N1c1cc(C(F)(F)F)cc(C)n1. The highest BCUT2D eigenvalue weighted by Gasteiger charge is 2.38. The maximum Gasteiger partial charge on any atom is 0.416 e. The van der Waals surface area contributed by atoms with Crippen molar-refractivity contribution in [3.05, 3.63) is 23.4 Å². The molecule has 1 aliphatic rings. The molecule has 0 bridgehead atoms. The molecule has 0 spiro atoms. The Morgan fingerprint density at radius 3 is 2.68 bits per heavy atom. The zero-order valence-electron chi connectivity index (χ0n) is 12.1. The Labute approximate surface area is 129 Å². The van der Waals surface area contributed by atoms with Crippen LogP contribution >= 0.6 is 11.8 Å². The van der Waals surface area contributed by atoms with E-state index in [0.29, 0.717) is 5.17 Å². The molecule has 1 aromatic heterocycles. The van der Waals surface area contributed by atoms with Crippen molar-refractivity contribution >= 4 is 28.7 Å². The Morgan fingerprint density at radius 1 is 1.45 bits per heavy atom. The predicted molar refractivity (Wildman–Crippen MR) is 78.1 cm³/mol. The van der Waals surface area contributed by atoms with Gasteiger partial charge < -0.3 is 4.74 Å². The fourth-order valence-electron chi connectivity index (χ4n) is 2.13. The van der Waals surface area contributed by atoms with Crippen LogP contribution < -0.4 is 4.90 Å². The van der Waals surface area contributed by atoms with Gasteiger partial charge in [-0.05, 0) is 25.3 Å². The number of ether oxygens (including phenoxy) is 1. The largest absolute Gasteiger partial charge is 0.467 e. The highest BCUT2D eigenvalue weighted by Crippen LogP contribution is 2.33. The Kier molecular flexibility index (Phi) is 4.64. The van der Waals surface area contributed by atoms with Crippen LogP contribution in [0.2, 0.25) is 0 Å². The number of hydrogen-bond acceptors (Lipinski definition) is 6. The molecule has 0 aliphatic carbocycles. The molecule has 1 unspecified atom stereocenters. The first kappa shape index (κ1) is 16.6. The number of pyridine rings is 1. The number of esters is 1. The molecule has 2 heterocycles. The Bertz CT molecular complexity index is 619. The number of aliphatic imine (C=N–C) groups is 1. The number of rotatable bonds is 2. The molecule has 1 aromatic rings. The first-order valence-electron chi connectivity index (χ1n) is 6.29. The molecular weight excluding hydrogens is 319 g/mol.